The van der Waals surface area contributed by atoms with E-state index in [9.17, 15) is 0 Å². The van der Waals surface area contributed by atoms with Gasteiger partial charge in [0.15, 0.2) is 0 Å². The van der Waals surface area contributed by atoms with Gasteiger partial charge < -0.3 is 9.73 Å². The molecule has 2 unspecified atom stereocenters. The van der Waals surface area contributed by atoms with Gasteiger partial charge in [-0.15, -0.1) is 11.3 Å². The predicted octanol–water partition coefficient (Wildman–Crippen LogP) is 3.00. The second-order valence-electron chi connectivity index (χ2n) is 4.92. The number of aromatic nitrogens is 1. The highest BCUT2D eigenvalue weighted by Gasteiger charge is 2.18. The lowest BCUT2D eigenvalue weighted by atomic mass is 10.2. The van der Waals surface area contributed by atoms with E-state index in [-0.39, 0.29) is 12.1 Å². The van der Waals surface area contributed by atoms with E-state index in [0.717, 1.165) is 23.0 Å². The monoisotopic (exact) mass is 279 g/mol. The number of nitrogens with zero attached hydrogens (tertiary/aromatic N) is 2. The zero-order valence-corrected chi connectivity index (χ0v) is 12.7. The number of aryl methyl sites for hydroxylation is 1. The second-order valence-corrected chi connectivity index (χ2v) is 5.98. The summed E-state index contributed by atoms with van der Waals surface area (Å²) in [7, 11) is 4.12. The molecule has 0 amide bonds. The summed E-state index contributed by atoms with van der Waals surface area (Å²) in [4.78, 5) is 6.67. The lowest BCUT2D eigenvalue weighted by molar-refractivity contribution is 0.245. The molecule has 5 heteroatoms. The van der Waals surface area contributed by atoms with Gasteiger partial charge in [0.1, 0.15) is 5.76 Å². The third kappa shape index (κ3) is 3.65. The Kier molecular flexibility index (Phi) is 4.74. The van der Waals surface area contributed by atoms with Crippen LogP contribution < -0.4 is 5.32 Å². The first-order valence-corrected chi connectivity index (χ1v) is 7.31. The Morgan fingerprint density at radius 1 is 1.47 bits per heavy atom. The van der Waals surface area contributed by atoms with Gasteiger partial charge >= 0.3 is 0 Å². The summed E-state index contributed by atoms with van der Waals surface area (Å²) >= 11 is 1.69. The average molecular weight is 279 g/mol. The standard InChI is InChI=1S/C14H21N3OS/c1-10(12-9-19-11(2)16-12)15-8-13(17(3)4)14-6-5-7-18-14/h5-7,9-10,13,15H,8H2,1-4H3. The van der Waals surface area contributed by atoms with E-state index in [1.165, 1.54) is 0 Å². The topological polar surface area (TPSA) is 41.3 Å². The zero-order chi connectivity index (χ0) is 13.8. The minimum Gasteiger partial charge on any atom is -0.468 e. The van der Waals surface area contributed by atoms with Crippen molar-refractivity contribution in [3.8, 4) is 0 Å². The van der Waals surface area contributed by atoms with Crippen LogP contribution in [0.3, 0.4) is 0 Å². The highest BCUT2D eigenvalue weighted by Crippen LogP contribution is 2.20. The van der Waals surface area contributed by atoms with Crippen LogP contribution in [0.5, 0.6) is 0 Å². The van der Waals surface area contributed by atoms with Crippen molar-refractivity contribution in [1.82, 2.24) is 15.2 Å². The fourth-order valence-corrected chi connectivity index (χ4v) is 2.70. The maximum absolute atomic E-state index is 5.50. The van der Waals surface area contributed by atoms with Crippen molar-refractivity contribution in [2.75, 3.05) is 20.6 Å². The van der Waals surface area contributed by atoms with Gasteiger partial charge in [-0.2, -0.15) is 0 Å². The predicted molar refractivity (Wildman–Crippen MR) is 78.4 cm³/mol. The van der Waals surface area contributed by atoms with Crippen molar-refractivity contribution < 1.29 is 4.42 Å². The second kappa shape index (κ2) is 6.32. The van der Waals surface area contributed by atoms with Crippen LogP contribution in [0.2, 0.25) is 0 Å². The van der Waals surface area contributed by atoms with Crippen molar-refractivity contribution in [1.29, 1.82) is 0 Å². The molecule has 2 atom stereocenters. The zero-order valence-electron chi connectivity index (χ0n) is 11.9. The van der Waals surface area contributed by atoms with Crippen molar-refractivity contribution in [3.63, 3.8) is 0 Å². The van der Waals surface area contributed by atoms with Gasteiger partial charge in [0.25, 0.3) is 0 Å². The van der Waals surface area contributed by atoms with Crippen molar-refractivity contribution in [3.05, 3.63) is 40.2 Å². The highest BCUT2D eigenvalue weighted by atomic mass is 32.1. The van der Waals surface area contributed by atoms with Crippen molar-refractivity contribution in [2.45, 2.75) is 25.9 Å². The summed E-state index contributed by atoms with van der Waals surface area (Å²) in [5, 5.41) is 6.75. The molecule has 1 N–H and O–H groups in total. The number of rotatable bonds is 6. The SMILES string of the molecule is Cc1nc(C(C)NCC(c2ccco2)N(C)C)cs1. The van der Waals surface area contributed by atoms with Gasteiger partial charge in [0, 0.05) is 18.0 Å². The fourth-order valence-electron chi connectivity index (χ4n) is 1.99. The molecule has 0 aliphatic carbocycles. The Hall–Kier alpha value is -1.17. The van der Waals surface area contributed by atoms with Gasteiger partial charge in [-0.25, -0.2) is 4.98 Å². The fraction of sp³-hybridized carbons (Fsp3) is 0.500. The molecule has 2 rings (SSSR count). The van der Waals surface area contributed by atoms with Gasteiger partial charge in [0.2, 0.25) is 0 Å². The van der Waals surface area contributed by atoms with E-state index in [1.54, 1.807) is 17.6 Å². The molecule has 0 fully saturated rings. The average Bonchev–Trinajstić information content (AvgIpc) is 3.00. The molecule has 0 bridgehead atoms. The highest BCUT2D eigenvalue weighted by molar-refractivity contribution is 7.09. The number of thiazole rings is 1. The third-order valence-corrected chi connectivity index (χ3v) is 3.98. The Labute approximate surface area is 118 Å². The van der Waals surface area contributed by atoms with Gasteiger partial charge in [0.05, 0.1) is 23.0 Å². The van der Waals surface area contributed by atoms with Crippen LogP contribution in [0.15, 0.2) is 28.2 Å². The Morgan fingerprint density at radius 3 is 2.79 bits per heavy atom. The molecule has 0 saturated heterocycles. The van der Waals surface area contributed by atoms with Crippen LogP contribution in [0.1, 0.15) is 35.5 Å². The third-order valence-electron chi connectivity index (χ3n) is 3.19. The first-order valence-electron chi connectivity index (χ1n) is 6.43. The van der Waals surface area contributed by atoms with E-state index in [1.807, 2.05) is 19.1 Å². The number of likely N-dealkylation sites (N-methyl/N-ethyl adjacent to an activating group) is 1. The van der Waals surface area contributed by atoms with E-state index in [4.69, 9.17) is 4.42 Å². The van der Waals surface area contributed by atoms with Crippen LogP contribution in [-0.2, 0) is 0 Å². The summed E-state index contributed by atoms with van der Waals surface area (Å²) in [6.07, 6.45) is 1.72. The minimum atomic E-state index is 0.234. The molecule has 0 saturated carbocycles. The summed E-state index contributed by atoms with van der Waals surface area (Å²) in [6.45, 7) is 5.01. The van der Waals surface area contributed by atoms with Crippen molar-refractivity contribution in [2.24, 2.45) is 0 Å². The van der Waals surface area contributed by atoms with Gasteiger partial charge in [-0.3, -0.25) is 4.90 Å². The Morgan fingerprint density at radius 2 is 2.26 bits per heavy atom. The molecule has 4 nitrogen and oxygen atoms in total. The van der Waals surface area contributed by atoms with Crippen LogP contribution in [0.4, 0.5) is 0 Å². The molecule has 2 aromatic heterocycles. The van der Waals surface area contributed by atoms with E-state index in [0.29, 0.717) is 0 Å². The summed E-state index contributed by atoms with van der Waals surface area (Å²) in [5.41, 5.74) is 1.11. The molecule has 0 radical (unpaired) electrons. The quantitative estimate of drug-likeness (QED) is 0.882. The summed E-state index contributed by atoms with van der Waals surface area (Å²) in [6, 6.07) is 4.43. The first kappa shape index (κ1) is 14.2. The lowest BCUT2D eigenvalue weighted by Gasteiger charge is -2.24. The van der Waals surface area contributed by atoms with Crippen molar-refractivity contribution >= 4 is 11.3 Å². The minimum absolute atomic E-state index is 0.234. The molecular weight excluding hydrogens is 258 g/mol. The maximum Gasteiger partial charge on any atom is 0.122 e. The summed E-state index contributed by atoms with van der Waals surface area (Å²) < 4.78 is 5.50. The Balaban J connectivity index is 1.96. The molecule has 104 valence electrons. The van der Waals surface area contributed by atoms with Gasteiger partial charge in [-0.05, 0) is 40.1 Å². The van der Waals surface area contributed by atoms with Gasteiger partial charge in [-0.1, -0.05) is 0 Å². The molecule has 2 heterocycles. The molecule has 0 aromatic carbocycles. The molecule has 0 aliphatic heterocycles. The number of nitrogens with one attached hydrogen (secondary N) is 1. The number of furan rings is 1. The van der Waals surface area contributed by atoms with Crippen LogP contribution in [0, 0.1) is 6.92 Å². The molecule has 0 spiro atoms. The van der Waals surface area contributed by atoms with E-state index >= 15 is 0 Å². The molecule has 19 heavy (non-hydrogen) atoms. The lowest BCUT2D eigenvalue weighted by Crippen LogP contribution is -2.32. The molecular formula is C14H21N3OS. The van der Waals surface area contributed by atoms with E-state index < -0.39 is 0 Å². The van der Waals surface area contributed by atoms with Crippen LogP contribution >= 0.6 is 11.3 Å². The normalized spacial score (nSPS) is 14.8. The summed E-state index contributed by atoms with van der Waals surface area (Å²) in [5.74, 6) is 0.985. The maximum atomic E-state index is 5.50. The molecule has 2 aromatic rings. The molecule has 0 aliphatic rings. The van der Waals surface area contributed by atoms with Crippen LogP contribution in [-0.4, -0.2) is 30.5 Å². The largest absolute Gasteiger partial charge is 0.468 e. The number of hydrogen-bond acceptors (Lipinski definition) is 5. The van der Waals surface area contributed by atoms with E-state index in [2.05, 4.69) is 41.6 Å². The first-order chi connectivity index (χ1) is 9.08. The Bertz CT molecular complexity index is 493. The van der Waals surface area contributed by atoms with Crippen LogP contribution in [0.25, 0.3) is 0 Å². The number of hydrogen-bond donors (Lipinski definition) is 1. The smallest absolute Gasteiger partial charge is 0.122 e.